The normalized spacial score (nSPS) is 20.0. The van der Waals surface area contributed by atoms with Crippen LogP contribution in [0.2, 0.25) is 0 Å². The minimum Gasteiger partial charge on any atom is -0.494 e. The lowest BCUT2D eigenvalue weighted by Crippen LogP contribution is -2.52. The van der Waals surface area contributed by atoms with Crippen LogP contribution in [0.25, 0.3) is 43.5 Å². The Morgan fingerprint density at radius 3 is 1.44 bits per heavy atom. The number of nitrogens with two attached hydrogens (primary N) is 5. The minimum absolute atomic E-state index is 0.0473. The fourth-order valence-electron chi connectivity index (χ4n) is 16.7. The van der Waals surface area contributed by atoms with Crippen LogP contribution in [0.1, 0.15) is 130 Å². The molecule has 0 aliphatic carbocycles. The number of primary amides is 1. The molecule has 0 saturated carbocycles. The van der Waals surface area contributed by atoms with Gasteiger partial charge in [0.25, 0.3) is 5.91 Å². The van der Waals surface area contributed by atoms with E-state index in [1.807, 2.05) is 245 Å². The number of thiophene rings is 3. The summed E-state index contributed by atoms with van der Waals surface area (Å²) in [4.78, 5) is 94.1. The maximum atomic E-state index is 14.0. The van der Waals surface area contributed by atoms with E-state index in [1.54, 1.807) is 61.6 Å². The van der Waals surface area contributed by atoms with Crippen LogP contribution in [0, 0.1) is 22.7 Å². The molecule has 124 heavy (non-hydrogen) atoms. The van der Waals surface area contributed by atoms with Crippen molar-refractivity contribution >= 4 is 97.5 Å². The van der Waals surface area contributed by atoms with Gasteiger partial charge in [-0.25, -0.2) is 20.0 Å². The largest absolute Gasteiger partial charge is 0.494 e. The number of ether oxygens (including phenoxy) is 2. The van der Waals surface area contributed by atoms with Crippen molar-refractivity contribution in [2.45, 2.75) is 100 Å². The van der Waals surface area contributed by atoms with E-state index < -0.39 is 39.9 Å². The van der Waals surface area contributed by atoms with Crippen molar-refractivity contribution in [2.75, 3.05) is 47.4 Å². The number of nitrogens with zero attached hydrogens (tertiary/aromatic N) is 11. The number of rotatable bonds is 18. The second-order valence-corrected chi connectivity index (χ2v) is 34.1. The van der Waals surface area contributed by atoms with Crippen molar-refractivity contribution in [3.63, 3.8) is 0 Å². The van der Waals surface area contributed by atoms with Gasteiger partial charge in [0, 0.05) is 66.8 Å². The lowest BCUT2D eigenvalue weighted by atomic mass is 9.77. The average molecular weight is 1710 g/mol. The Bertz CT molecular complexity index is 5960. The molecular formula is C98H96N16O7S3. The van der Waals surface area contributed by atoms with Gasteiger partial charge in [-0.3, -0.25) is 48.5 Å². The highest BCUT2D eigenvalue weighted by Gasteiger charge is 2.54. The highest BCUT2D eigenvalue weighted by molar-refractivity contribution is 7.18. The zero-order valence-corrected chi connectivity index (χ0v) is 72.6. The van der Waals surface area contributed by atoms with E-state index in [2.05, 4.69) is 46.3 Å². The number of piperidine rings is 1. The monoisotopic (exact) mass is 1700 g/mol. The molecule has 3 aromatic heterocycles. The van der Waals surface area contributed by atoms with Gasteiger partial charge in [0.05, 0.1) is 60.3 Å². The summed E-state index contributed by atoms with van der Waals surface area (Å²) in [7, 11) is 4.93. The third-order valence-electron chi connectivity index (χ3n) is 23.4. The summed E-state index contributed by atoms with van der Waals surface area (Å²) in [6.07, 6.45) is 2.03. The molecule has 5 aliphatic heterocycles. The van der Waals surface area contributed by atoms with Crippen LogP contribution < -0.4 is 38.1 Å². The van der Waals surface area contributed by atoms with Crippen LogP contribution in [0.4, 0.5) is 0 Å². The van der Waals surface area contributed by atoms with Gasteiger partial charge in [-0.05, 0) is 209 Å². The third kappa shape index (κ3) is 17.5. The van der Waals surface area contributed by atoms with Gasteiger partial charge >= 0.3 is 0 Å². The third-order valence-corrected chi connectivity index (χ3v) is 26.7. The van der Waals surface area contributed by atoms with E-state index in [0.717, 1.165) is 125 Å². The average Bonchev–Trinajstić information content (AvgIpc) is 1.62. The molecule has 5 atom stereocenters. The molecule has 23 nitrogen and oxygen atoms in total. The molecule has 1 saturated heterocycles. The fourth-order valence-corrected chi connectivity index (χ4v) is 20.0. The van der Waals surface area contributed by atoms with Gasteiger partial charge in [0.2, 0.25) is 23.6 Å². The Morgan fingerprint density at radius 1 is 0.500 bits per heavy atom. The van der Waals surface area contributed by atoms with Gasteiger partial charge in [0.1, 0.15) is 22.6 Å². The van der Waals surface area contributed by atoms with E-state index in [1.165, 1.54) is 42.9 Å². The maximum Gasteiger partial charge on any atom is 0.266 e. The van der Waals surface area contributed by atoms with E-state index in [9.17, 15) is 34.5 Å². The second-order valence-electron chi connectivity index (χ2n) is 31.4. The maximum absolute atomic E-state index is 14.0. The Kier molecular flexibility index (Phi) is 25.7. The zero-order chi connectivity index (χ0) is 87.8. The standard InChI is InChI=1S/C27H28N4O.2C25H24N4O2S.C21H20N4O2S/c28-26-29-27(22-12-6-2-7-13-22,23-14-8-3-9-15-23)25(32)31(26)24-16-18-30(19-17-24)20-21-10-4-1-5-11-21;2*1-4-31-20-10-8-17(9-11-20)22-23(30)29(3)24(27)28-25(22,2)21-13-19(15-32-21)18-7-5-6-16(12-18)14-26;1-21(10-17(26)25(2)20(23)24-21)16-11-28-18-14(7-4-8-15(16)18)12-5-3-6-13(9-12)19(22)27/h1-15,24H,16-20H2,(H2,28,29);2*5-13,15,22H,4H2,1-3H3,(H2,27,28);3-9,11H,10H2,1-2H3,(H2,22,27)(H2,23,24)/t;22-,25+;22-,25-;21-/m.010/s1. The number of hydrogen-bond acceptors (Lipinski definition) is 21. The molecule has 0 unspecified atom stereocenters. The summed E-state index contributed by atoms with van der Waals surface area (Å²) in [6, 6.07) is 82.0. The minimum atomic E-state index is -1.12. The van der Waals surface area contributed by atoms with Crippen molar-refractivity contribution in [1.29, 1.82) is 10.5 Å². The Morgan fingerprint density at radius 2 is 0.968 bits per heavy atom. The van der Waals surface area contributed by atoms with Gasteiger partial charge in [-0.2, -0.15) is 10.5 Å². The molecule has 628 valence electrons. The summed E-state index contributed by atoms with van der Waals surface area (Å²) in [5.41, 5.74) is 39.7. The van der Waals surface area contributed by atoms with Gasteiger partial charge in [0.15, 0.2) is 29.4 Å². The van der Waals surface area contributed by atoms with Crippen LogP contribution in [0.5, 0.6) is 11.5 Å². The number of aliphatic imine (C=N–C) groups is 4. The number of fused-ring (bicyclic) bond motifs is 1. The van der Waals surface area contributed by atoms with Crippen LogP contribution >= 0.6 is 34.0 Å². The molecule has 9 aromatic carbocycles. The number of likely N-dealkylation sites (tertiary alicyclic amines) is 1. The van der Waals surface area contributed by atoms with Crippen LogP contribution in [0.3, 0.4) is 0 Å². The number of nitriles is 2. The van der Waals surface area contributed by atoms with Crippen molar-refractivity contribution in [1.82, 2.24) is 24.5 Å². The molecular weight excluding hydrogens is 1610 g/mol. The van der Waals surface area contributed by atoms with Crippen molar-refractivity contribution in [3.05, 3.63) is 319 Å². The molecule has 26 heteroatoms. The molecule has 8 heterocycles. The van der Waals surface area contributed by atoms with Crippen LogP contribution in [-0.4, -0.2) is 131 Å². The Hall–Kier alpha value is -13.9. The van der Waals surface area contributed by atoms with Crippen molar-refractivity contribution in [2.24, 2.45) is 48.6 Å². The molecule has 5 aliphatic rings. The predicted octanol–water partition coefficient (Wildman–Crippen LogP) is 15.8. The van der Waals surface area contributed by atoms with Crippen LogP contribution in [0.15, 0.2) is 279 Å². The summed E-state index contributed by atoms with van der Waals surface area (Å²) in [6.45, 7) is 13.7. The predicted molar refractivity (Wildman–Crippen MR) is 492 cm³/mol. The zero-order valence-electron chi connectivity index (χ0n) is 70.1. The van der Waals surface area contributed by atoms with Crippen LogP contribution in [-0.2, 0) is 47.9 Å². The Balaban J connectivity index is 0.000000135. The topological polar surface area (TPSA) is 347 Å². The summed E-state index contributed by atoms with van der Waals surface area (Å²) in [5, 5.41) is 25.6. The Labute approximate surface area is 733 Å². The number of carbonyl (C=O) groups is 5. The number of benzene rings is 9. The van der Waals surface area contributed by atoms with Gasteiger partial charge in [-0.1, -0.05) is 170 Å². The number of amides is 5. The van der Waals surface area contributed by atoms with Crippen molar-refractivity contribution in [3.8, 4) is 57.0 Å². The lowest BCUT2D eigenvalue weighted by molar-refractivity contribution is -0.132. The molecule has 12 aromatic rings. The molecule has 0 radical (unpaired) electrons. The van der Waals surface area contributed by atoms with Crippen molar-refractivity contribution < 1.29 is 33.4 Å². The second kappa shape index (κ2) is 36.8. The quantitative estimate of drug-likeness (QED) is 0.0533. The smallest absolute Gasteiger partial charge is 0.266 e. The summed E-state index contributed by atoms with van der Waals surface area (Å²) in [5.74, 6) is 0.615. The van der Waals surface area contributed by atoms with E-state index in [-0.39, 0.29) is 54.0 Å². The summed E-state index contributed by atoms with van der Waals surface area (Å²) < 4.78 is 12.2. The fraction of sp³-hybridized carbons (Fsp3) is 0.235. The number of carbonyl (C=O) groups excluding carboxylic acids is 5. The first-order valence-electron chi connectivity index (χ1n) is 40.7. The molecule has 1 fully saturated rings. The molecule has 5 amide bonds. The summed E-state index contributed by atoms with van der Waals surface area (Å²) >= 11 is 4.67. The highest BCUT2D eigenvalue weighted by Crippen LogP contribution is 2.51. The molecule has 0 bridgehead atoms. The van der Waals surface area contributed by atoms with E-state index in [0.29, 0.717) is 35.9 Å². The molecule has 10 N–H and O–H groups in total. The van der Waals surface area contributed by atoms with E-state index >= 15 is 0 Å². The first-order chi connectivity index (χ1) is 59.7. The lowest BCUT2D eigenvalue weighted by Gasteiger charge is -2.40. The number of guanidine groups is 4. The van der Waals surface area contributed by atoms with E-state index in [4.69, 9.17) is 53.1 Å². The molecule has 0 spiro atoms. The molecule has 17 rings (SSSR count). The number of hydrogen-bond donors (Lipinski definition) is 5. The SMILES string of the molecule is CCOc1ccc([C@@H]2C(=O)N(C)C(N)=N[C@]2(C)c2cc(-c3cccc(C#N)c3)cs2)cc1.CCOc1ccc([C@H]2C(=O)N(C)C(N)=N[C@]2(C)c2cc(-c3cccc(C#N)c3)cs2)cc1.CN1C(=O)C[C@@](C)(c2csc3c(-c4cccc(C(N)=O)c4)cccc23)N=C1N.NC1=NC(c2ccccc2)(c2ccccc2)C(=O)N1C1CCN(Cc2ccccc2)CC1. The number of likely N-dealkylation sites (N-methyl/N-ethyl adjacent to an activating group) is 2. The van der Waals surface area contributed by atoms with Gasteiger partial charge < -0.3 is 38.1 Å². The first-order valence-corrected chi connectivity index (χ1v) is 43.4. The van der Waals surface area contributed by atoms with Gasteiger partial charge in [-0.15, -0.1) is 34.0 Å². The highest BCUT2D eigenvalue weighted by atomic mass is 32.1. The first kappa shape index (κ1) is 86.5.